The molecule has 0 spiro atoms. The molecular weight excluding hydrogens is 1250 g/mol. The normalized spacial score (nSPS) is 14.3. The third-order valence-corrected chi connectivity index (χ3v) is 20.0. The van der Waals surface area contributed by atoms with Crippen molar-refractivity contribution >= 4 is 39.5 Å². The molecular formula is C76H148O17P2. The molecule has 0 fully saturated rings. The van der Waals surface area contributed by atoms with Crippen molar-refractivity contribution in [3.63, 3.8) is 0 Å². The van der Waals surface area contributed by atoms with Gasteiger partial charge in [-0.3, -0.25) is 37.3 Å². The molecule has 0 aliphatic rings. The molecule has 3 unspecified atom stereocenters. The van der Waals surface area contributed by atoms with Crippen molar-refractivity contribution < 1.29 is 80.2 Å². The summed E-state index contributed by atoms with van der Waals surface area (Å²) in [6.45, 7) is 9.57. The van der Waals surface area contributed by atoms with Crippen molar-refractivity contribution in [2.75, 3.05) is 39.6 Å². The van der Waals surface area contributed by atoms with E-state index < -0.39 is 97.5 Å². The van der Waals surface area contributed by atoms with Gasteiger partial charge in [0.15, 0.2) is 12.2 Å². The van der Waals surface area contributed by atoms with Crippen LogP contribution < -0.4 is 0 Å². The number of rotatable bonds is 75. The van der Waals surface area contributed by atoms with Crippen molar-refractivity contribution in [3.05, 3.63) is 0 Å². The summed E-state index contributed by atoms with van der Waals surface area (Å²) in [5.74, 6) is -0.503. The molecule has 0 aromatic rings. The van der Waals surface area contributed by atoms with Gasteiger partial charge in [0.05, 0.1) is 26.4 Å². The molecule has 0 bridgehead atoms. The van der Waals surface area contributed by atoms with Crippen LogP contribution in [-0.4, -0.2) is 96.7 Å². The largest absolute Gasteiger partial charge is 0.472 e. The fourth-order valence-corrected chi connectivity index (χ4v) is 13.2. The first-order valence-corrected chi connectivity index (χ1v) is 42.5. The number of unbranched alkanes of at least 4 members (excludes halogenated alkanes) is 44. The molecule has 17 nitrogen and oxygen atoms in total. The number of ether oxygens (including phenoxy) is 4. The van der Waals surface area contributed by atoms with Crippen LogP contribution in [0.5, 0.6) is 0 Å². The van der Waals surface area contributed by atoms with Crippen LogP contribution in [0, 0.1) is 11.8 Å². The number of aliphatic hydroxyl groups excluding tert-OH is 1. The van der Waals surface area contributed by atoms with Crippen LogP contribution in [0.3, 0.4) is 0 Å². The van der Waals surface area contributed by atoms with Crippen LogP contribution in [0.4, 0.5) is 0 Å². The Morgan fingerprint density at radius 2 is 0.537 bits per heavy atom. The van der Waals surface area contributed by atoms with E-state index in [-0.39, 0.29) is 25.7 Å². The van der Waals surface area contributed by atoms with E-state index in [0.29, 0.717) is 25.7 Å². The highest BCUT2D eigenvalue weighted by atomic mass is 31.2. The Morgan fingerprint density at radius 1 is 0.305 bits per heavy atom. The van der Waals surface area contributed by atoms with Crippen molar-refractivity contribution in [2.45, 2.75) is 413 Å². The first-order valence-electron chi connectivity index (χ1n) is 39.5. The molecule has 0 rings (SSSR count). The molecule has 0 aromatic carbocycles. The first-order chi connectivity index (χ1) is 45.9. The quantitative estimate of drug-likeness (QED) is 0.0222. The lowest BCUT2D eigenvalue weighted by Gasteiger charge is -2.21. The minimum absolute atomic E-state index is 0.106. The van der Waals surface area contributed by atoms with E-state index in [2.05, 4.69) is 41.5 Å². The van der Waals surface area contributed by atoms with Gasteiger partial charge in [-0.05, 0) is 37.5 Å². The second-order valence-corrected chi connectivity index (χ2v) is 31.0. The number of phosphoric ester groups is 2. The highest BCUT2D eigenvalue weighted by molar-refractivity contribution is 7.47. The molecule has 0 aliphatic carbocycles. The number of phosphoric acid groups is 2. The maximum absolute atomic E-state index is 13.1. The SMILES string of the molecule is CCCCCCCCCCCCCCCCCCCC(=O)OC[C@H](COP(=O)(O)OC[C@@H](O)COP(=O)(O)OC[C@@H](COC(=O)CCCCCCC)OC(=O)CCCCCCCCCCCCCCC(C)C)OC(=O)CCCCCCCCCCCCCCCCC(C)CC. The van der Waals surface area contributed by atoms with Gasteiger partial charge in [0.1, 0.15) is 19.3 Å². The molecule has 564 valence electrons. The van der Waals surface area contributed by atoms with Crippen molar-refractivity contribution in [2.24, 2.45) is 11.8 Å². The van der Waals surface area contributed by atoms with E-state index >= 15 is 0 Å². The second kappa shape index (κ2) is 67.9. The summed E-state index contributed by atoms with van der Waals surface area (Å²) in [7, 11) is -9.90. The molecule has 6 atom stereocenters. The number of carbonyl (C=O) groups is 4. The zero-order chi connectivity index (χ0) is 70.0. The Bertz CT molecular complexity index is 1840. The third-order valence-electron chi connectivity index (χ3n) is 18.1. The van der Waals surface area contributed by atoms with Crippen LogP contribution in [0.2, 0.25) is 0 Å². The van der Waals surface area contributed by atoms with Gasteiger partial charge in [0, 0.05) is 25.7 Å². The molecule has 0 heterocycles. The predicted molar refractivity (Wildman–Crippen MR) is 386 cm³/mol. The monoisotopic (exact) mass is 1400 g/mol. The third kappa shape index (κ3) is 69.0. The van der Waals surface area contributed by atoms with Gasteiger partial charge in [0.2, 0.25) is 0 Å². The molecule has 95 heavy (non-hydrogen) atoms. The highest BCUT2D eigenvalue weighted by Crippen LogP contribution is 2.45. The second-order valence-electron chi connectivity index (χ2n) is 28.1. The summed E-state index contributed by atoms with van der Waals surface area (Å²) in [6, 6.07) is 0. The van der Waals surface area contributed by atoms with E-state index in [9.17, 15) is 43.2 Å². The molecule has 3 N–H and O–H groups in total. The molecule has 0 aromatic heterocycles. The minimum atomic E-state index is -4.96. The number of aliphatic hydroxyl groups is 1. The van der Waals surface area contributed by atoms with E-state index in [1.807, 2.05) is 0 Å². The lowest BCUT2D eigenvalue weighted by atomic mass is 9.99. The Morgan fingerprint density at radius 3 is 0.800 bits per heavy atom. The van der Waals surface area contributed by atoms with E-state index in [1.54, 1.807) is 0 Å². The zero-order valence-electron chi connectivity index (χ0n) is 62.0. The van der Waals surface area contributed by atoms with Gasteiger partial charge in [-0.15, -0.1) is 0 Å². The van der Waals surface area contributed by atoms with Gasteiger partial charge < -0.3 is 33.8 Å². The van der Waals surface area contributed by atoms with Gasteiger partial charge >= 0.3 is 39.5 Å². The van der Waals surface area contributed by atoms with Crippen molar-refractivity contribution in [1.29, 1.82) is 0 Å². The Balaban J connectivity index is 5.15. The van der Waals surface area contributed by atoms with Crippen LogP contribution in [0.1, 0.15) is 395 Å². The molecule has 0 aliphatic heterocycles. The Hall–Kier alpha value is -1.94. The average molecular weight is 1400 g/mol. The summed E-state index contributed by atoms with van der Waals surface area (Å²) >= 11 is 0. The summed E-state index contributed by atoms with van der Waals surface area (Å²) in [5, 5.41) is 10.6. The smallest absolute Gasteiger partial charge is 0.462 e. The first kappa shape index (κ1) is 93.1. The maximum Gasteiger partial charge on any atom is 0.472 e. The van der Waals surface area contributed by atoms with E-state index in [4.69, 9.17) is 37.0 Å². The number of carbonyl (C=O) groups excluding carboxylic acids is 4. The lowest BCUT2D eigenvalue weighted by molar-refractivity contribution is -0.161. The number of hydrogen-bond donors (Lipinski definition) is 3. The van der Waals surface area contributed by atoms with Gasteiger partial charge in [-0.2, -0.15) is 0 Å². The van der Waals surface area contributed by atoms with Gasteiger partial charge in [-0.25, -0.2) is 9.13 Å². The molecule has 0 amide bonds. The van der Waals surface area contributed by atoms with Gasteiger partial charge in [-0.1, -0.05) is 343 Å². The highest BCUT2D eigenvalue weighted by Gasteiger charge is 2.30. The predicted octanol–water partition coefficient (Wildman–Crippen LogP) is 22.3. The van der Waals surface area contributed by atoms with Crippen LogP contribution in [-0.2, 0) is 65.4 Å². The topological polar surface area (TPSA) is 237 Å². The van der Waals surface area contributed by atoms with E-state index in [0.717, 1.165) is 108 Å². The summed E-state index contributed by atoms with van der Waals surface area (Å²) < 4.78 is 68.3. The van der Waals surface area contributed by atoms with Crippen molar-refractivity contribution in [3.8, 4) is 0 Å². The lowest BCUT2D eigenvalue weighted by Crippen LogP contribution is -2.30. The molecule has 19 heteroatoms. The molecule has 0 radical (unpaired) electrons. The molecule has 0 saturated carbocycles. The summed E-state index contributed by atoms with van der Waals surface area (Å²) in [5.41, 5.74) is 0. The van der Waals surface area contributed by atoms with E-state index in [1.165, 1.54) is 205 Å². The summed E-state index contributed by atoms with van der Waals surface area (Å²) in [6.07, 6.45) is 55.8. The Labute approximate surface area is 581 Å². The number of hydrogen-bond acceptors (Lipinski definition) is 15. The van der Waals surface area contributed by atoms with Crippen molar-refractivity contribution in [1.82, 2.24) is 0 Å². The zero-order valence-corrected chi connectivity index (χ0v) is 63.8. The van der Waals surface area contributed by atoms with Crippen LogP contribution in [0.25, 0.3) is 0 Å². The summed E-state index contributed by atoms with van der Waals surface area (Å²) in [4.78, 5) is 72.5. The fraction of sp³-hybridized carbons (Fsp3) is 0.947. The average Bonchev–Trinajstić information content (AvgIpc) is 1.31. The van der Waals surface area contributed by atoms with Crippen LogP contribution in [0.15, 0.2) is 0 Å². The van der Waals surface area contributed by atoms with Gasteiger partial charge in [0.25, 0.3) is 0 Å². The Kier molecular flexibility index (Phi) is 66.5. The maximum atomic E-state index is 13.1. The number of esters is 4. The fourth-order valence-electron chi connectivity index (χ4n) is 11.6. The standard InChI is InChI=1S/C76H148O17P2/c1-7-10-12-14-15-16-17-18-19-20-21-25-31-36-41-47-53-59-74(79)87-65-72(93-76(81)61-54-48-42-37-32-26-23-22-24-30-35-40-46-51-57-69(6)9-3)67-91-95(84,85)89-63-70(77)62-88-94(82,83)90-66-71(64-86-73(78)58-52-44-13-11-8-2)92-75(80)60-55-49-43-38-33-28-27-29-34-39-45-50-56-68(4)5/h68-72,77H,7-67H2,1-6H3,(H,82,83)(H,84,85)/t69?,70-,71+,72+/m0/s1. The molecule has 0 saturated heterocycles. The van der Waals surface area contributed by atoms with Crippen LogP contribution >= 0.6 is 15.6 Å². The minimum Gasteiger partial charge on any atom is -0.462 e.